The Bertz CT molecular complexity index is 318. The molecule has 3 nitrogen and oxygen atoms in total. The van der Waals surface area contributed by atoms with Crippen LogP contribution in [-0.4, -0.2) is 17.1 Å². The SMILES string of the molecule is NC1CCCCCC1Oc1nc(Cl)cs1. The predicted octanol–water partition coefficient (Wildman–Crippen LogP) is 2.84. The summed E-state index contributed by atoms with van der Waals surface area (Å²) in [6.07, 6.45) is 5.83. The number of aromatic nitrogens is 1. The van der Waals surface area contributed by atoms with Crippen LogP contribution in [0.4, 0.5) is 0 Å². The van der Waals surface area contributed by atoms with Crippen molar-refractivity contribution in [2.45, 2.75) is 44.2 Å². The topological polar surface area (TPSA) is 48.1 Å². The molecule has 0 spiro atoms. The lowest BCUT2D eigenvalue weighted by Gasteiger charge is -2.20. The minimum absolute atomic E-state index is 0.106. The second-order valence-corrected chi connectivity index (χ2v) is 5.10. The third-order valence-corrected chi connectivity index (χ3v) is 3.76. The van der Waals surface area contributed by atoms with Crippen LogP contribution in [0.25, 0.3) is 0 Å². The van der Waals surface area contributed by atoms with Gasteiger partial charge in [0.2, 0.25) is 0 Å². The summed E-state index contributed by atoms with van der Waals surface area (Å²) in [7, 11) is 0. The van der Waals surface area contributed by atoms with Crippen LogP contribution in [0.5, 0.6) is 5.19 Å². The van der Waals surface area contributed by atoms with E-state index in [2.05, 4.69) is 4.98 Å². The molecule has 1 aromatic heterocycles. The van der Waals surface area contributed by atoms with Gasteiger partial charge in [-0.15, -0.1) is 0 Å². The van der Waals surface area contributed by atoms with Gasteiger partial charge in [0.25, 0.3) is 5.19 Å². The fourth-order valence-corrected chi connectivity index (χ4v) is 2.71. The predicted molar refractivity (Wildman–Crippen MR) is 62.6 cm³/mol. The minimum atomic E-state index is 0.106. The summed E-state index contributed by atoms with van der Waals surface area (Å²) < 4.78 is 5.77. The molecule has 0 aromatic carbocycles. The van der Waals surface area contributed by atoms with Gasteiger partial charge in [0, 0.05) is 11.4 Å². The highest BCUT2D eigenvalue weighted by Gasteiger charge is 2.22. The van der Waals surface area contributed by atoms with Crippen molar-refractivity contribution in [1.82, 2.24) is 4.98 Å². The Morgan fingerprint density at radius 1 is 1.40 bits per heavy atom. The highest BCUT2D eigenvalue weighted by Crippen LogP contribution is 2.26. The van der Waals surface area contributed by atoms with Crippen LogP contribution < -0.4 is 10.5 Å². The number of hydrogen-bond donors (Lipinski definition) is 1. The average Bonchev–Trinajstić information content (AvgIpc) is 2.50. The second kappa shape index (κ2) is 5.14. The third-order valence-electron chi connectivity index (χ3n) is 2.71. The fourth-order valence-electron chi connectivity index (χ4n) is 1.87. The highest BCUT2D eigenvalue weighted by molar-refractivity contribution is 7.11. The zero-order valence-corrected chi connectivity index (χ0v) is 10.1. The van der Waals surface area contributed by atoms with Crippen molar-refractivity contribution in [1.29, 1.82) is 0 Å². The van der Waals surface area contributed by atoms with Crippen molar-refractivity contribution >= 4 is 22.9 Å². The molecule has 2 atom stereocenters. The lowest BCUT2D eigenvalue weighted by Crippen LogP contribution is -2.37. The third kappa shape index (κ3) is 3.06. The molecule has 15 heavy (non-hydrogen) atoms. The van der Waals surface area contributed by atoms with E-state index in [-0.39, 0.29) is 12.1 Å². The standard InChI is InChI=1S/C10H15ClN2OS/c11-9-6-15-10(13-9)14-8-5-3-1-2-4-7(8)12/h6-8H,1-5,12H2. The van der Waals surface area contributed by atoms with Crippen molar-refractivity contribution in [2.24, 2.45) is 5.73 Å². The van der Waals surface area contributed by atoms with Gasteiger partial charge in [-0.25, -0.2) is 0 Å². The number of hydrogen-bond acceptors (Lipinski definition) is 4. The maximum atomic E-state index is 6.05. The summed E-state index contributed by atoms with van der Waals surface area (Å²) in [6, 6.07) is 0.134. The average molecular weight is 247 g/mol. The van der Waals surface area contributed by atoms with E-state index in [0.717, 1.165) is 12.8 Å². The molecule has 84 valence electrons. The van der Waals surface area contributed by atoms with Crippen molar-refractivity contribution in [3.8, 4) is 5.19 Å². The number of halogens is 1. The number of rotatable bonds is 2. The zero-order valence-electron chi connectivity index (χ0n) is 8.49. The van der Waals surface area contributed by atoms with E-state index in [1.807, 2.05) is 0 Å². The molecule has 0 aliphatic heterocycles. The first-order chi connectivity index (χ1) is 7.25. The van der Waals surface area contributed by atoms with Crippen molar-refractivity contribution in [3.63, 3.8) is 0 Å². The molecular formula is C10H15ClN2OS. The first kappa shape index (κ1) is 11.2. The summed E-state index contributed by atoms with van der Waals surface area (Å²) in [5.41, 5.74) is 6.05. The number of thiazole rings is 1. The van der Waals surface area contributed by atoms with Crippen LogP contribution in [0.15, 0.2) is 5.38 Å². The van der Waals surface area contributed by atoms with Gasteiger partial charge in [0.05, 0.1) is 0 Å². The summed E-state index contributed by atoms with van der Waals surface area (Å²) in [5, 5.41) is 2.92. The van der Waals surface area contributed by atoms with Gasteiger partial charge in [-0.3, -0.25) is 0 Å². The molecule has 5 heteroatoms. The Morgan fingerprint density at radius 2 is 2.20 bits per heavy atom. The van der Waals surface area contributed by atoms with Crippen molar-refractivity contribution in [2.75, 3.05) is 0 Å². The summed E-state index contributed by atoms with van der Waals surface area (Å²) in [6.45, 7) is 0. The fraction of sp³-hybridized carbons (Fsp3) is 0.700. The van der Waals surface area contributed by atoms with Gasteiger partial charge in [-0.05, 0) is 19.3 Å². The van der Waals surface area contributed by atoms with Gasteiger partial charge in [-0.2, -0.15) is 4.98 Å². The lowest BCUT2D eigenvalue weighted by atomic mass is 10.1. The Morgan fingerprint density at radius 3 is 2.93 bits per heavy atom. The van der Waals surface area contributed by atoms with Gasteiger partial charge in [0.1, 0.15) is 11.3 Å². The Balaban J connectivity index is 1.97. The molecule has 1 aromatic rings. The molecule has 1 fully saturated rings. The van der Waals surface area contributed by atoms with E-state index in [4.69, 9.17) is 22.1 Å². The number of nitrogens with two attached hydrogens (primary N) is 1. The summed E-state index contributed by atoms with van der Waals surface area (Å²) >= 11 is 7.17. The van der Waals surface area contributed by atoms with E-state index < -0.39 is 0 Å². The van der Waals surface area contributed by atoms with Crippen molar-refractivity contribution < 1.29 is 4.74 Å². The van der Waals surface area contributed by atoms with E-state index in [1.165, 1.54) is 30.6 Å². The smallest absolute Gasteiger partial charge is 0.274 e. The Kier molecular flexibility index (Phi) is 3.83. The molecule has 2 unspecified atom stereocenters. The maximum Gasteiger partial charge on any atom is 0.274 e. The lowest BCUT2D eigenvalue weighted by molar-refractivity contribution is 0.162. The molecular weight excluding hydrogens is 232 g/mol. The van der Waals surface area contributed by atoms with Crippen molar-refractivity contribution in [3.05, 3.63) is 10.5 Å². The van der Waals surface area contributed by atoms with Crippen LogP contribution >= 0.6 is 22.9 Å². The van der Waals surface area contributed by atoms with Gasteiger partial charge in [-0.1, -0.05) is 35.8 Å². The highest BCUT2D eigenvalue weighted by atomic mass is 35.5. The Hall–Kier alpha value is -0.320. The van der Waals surface area contributed by atoms with Crippen LogP contribution in [-0.2, 0) is 0 Å². The minimum Gasteiger partial charge on any atom is -0.465 e. The van der Waals surface area contributed by atoms with Gasteiger partial charge >= 0.3 is 0 Å². The van der Waals surface area contributed by atoms with Crippen LogP contribution in [0.3, 0.4) is 0 Å². The normalized spacial score (nSPS) is 27.3. The van der Waals surface area contributed by atoms with E-state index in [0.29, 0.717) is 10.3 Å². The molecule has 0 amide bonds. The summed E-state index contributed by atoms with van der Waals surface area (Å²) in [4.78, 5) is 4.08. The summed E-state index contributed by atoms with van der Waals surface area (Å²) in [5.74, 6) is 0. The molecule has 0 saturated heterocycles. The Labute approximate surface area is 98.6 Å². The molecule has 1 saturated carbocycles. The maximum absolute atomic E-state index is 6.05. The number of nitrogens with zero attached hydrogens (tertiary/aromatic N) is 1. The van der Waals surface area contributed by atoms with Gasteiger partial charge < -0.3 is 10.5 Å². The monoisotopic (exact) mass is 246 g/mol. The number of ether oxygens (including phenoxy) is 1. The first-order valence-corrected chi connectivity index (χ1v) is 6.55. The molecule has 1 aliphatic rings. The van der Waals surface area contributed by atoms with E-state index >= 15 is 0 Å². The second-order valence-electron chi connectivity index (χ2n) is 3.89. The molecule has 2 rings (SSSR count). The van der Waals surface area contributed by atoms with Gasteiger partial charge in [0.15, 0.2) is 0 Å². The zero-order chi connectivity index (χ0) is 10.7. The van der Waals surface area contributed by atoms with E-state index in [1.54, 1.807) is 5.38 Å². The quantitative estimate of drug-likeness (QED) is 0.817. The molecule has 2 N–H and O–H groups in total. The van der Waals surface area contributed by atoms with Crippen LogP contribution in [0, 0.1) is 0 Å². The van der Waals surface area contributed by atoms with E-state index in [9.17, 15) is 0 Å². The first-order valence-electron chi connectivity index (χ1n) is 5.29. The molecule has 1 heterocycles. The van der Waals surface area contributed by atoms with Crippen LogP contribution in [0.1, 0.15) is 32.1 Å². The van der Waals surface area contributed by atoms with Crippen LogP contribution in [0.2, 0.25) is 5.15 Å². The molecule has 0 bridgehead atoms. The molecule has 1 aliphatic carbocycles. The molecule has 0 radical (unpaired) electrons. The largest absolute Gasteiger partial charge is 0.465 e.